The van der Waals surface area contributed by atoms with Crippen molar-refractivity contribution in [3.05, 3.63) is 65.2 Å². The zero-order valence-corrected chi connectivity index (χ0v) is 17.2. The molecule has 1 amide bonds. The van der Waals surface area contributed by atoms with Crippen LogP contribution in [0.5, 0.6) is 0 Å². The summed E-state index contributed by atoms with van der Waals surface area (Å²) in [6.07, 6.45) is 2.33. The first-order chi connectivity index (χ1) is 14.0. The molecule has 0 saturated heterocycles. The predicted molar refractivity (Wildman–Crippen MR) is 111 cm³/mol. The van der Waals surface area contributed by atoms with Crippen LogP contribution < -0.4 is 4.90 Å². The van der Waals surface area contributed by atoms with Crippen LogP contribution >= 0.6 is 7.82 Å². The average Bonchev–Trinajstić information content (AvgIpc) is 2.72. The highest BCUT2D eigenvalue weighted by Gasteiger charge is 2.21. The van der Waals surface area contributed by atoms with Gasteiger partial charge in [-0.1, -0.05) is 48.6 Å². The summed E-state index contributed by atoms with van der Waals surface area (Å²) in [5.74, 6) is 6.43. The van der Waals surface area contributed by atoms with Crippen molar-refractivity contribution in [1.82, 2.24) is 0 Å². The second-order valence-corrected chi connectivity index (χ2v) is 8.26. The van der Waals surface area contributed by atoms with E-state index >= 15 is 0 Å². The number of phosphoric acid groups is 1. The molecule has 29 heavy (non-hydrogen) atoms. The van der Waals surface area contributed by atoms with E-state index in [-0.39, 0.29) is 12.5 Å². The van der Waals surface area contributed by atoms with Crippen LogP contribution in [0.1, 0.15) is 42.4 Å². The molecule has 1 aliphatic rings. The van der Waals surface area contributed by atoms with Crippen molar-refractivity contribution in [1.29, 1.82) is 0 Å². The Hall–Kier alpha value is -2.42. The maximum atomic E-state index is 13.0. The van der Waals surface area contributed by atoms with E-state index in [0.717, 1.165) is 29.5 Å². The SMILES string of the molecule is COP(=O)(O)OCCCCCC(=O)N1Cc2ccccc2C#Cc2ccccc21. The van der Waals surface area contributed by atoms with E-state index < -0.39 is 7.82 Å². The molecule has 0 aliphatic carbocycles. The van der Waals surface area contributed by atoms with E-state index in [4.69, 9.17) is 4.52 Å². The molecule has 1 heterocycles. The third-order valence-electron chi connectivity index (χ3n) is 4.69. The van der Waals surface area contributed by atoms with Gasteiger partial charge in [0.15, 0.2) is 0 Å². The number of rotatable bonds is 8. The van der Waals surface area contributed by atoms with Crippen LogP contribution in [0.2, 0.25) is 0 Å². The molecule has 6 nitrogen and oxygen atoms in total. The standard InChI is InChI=1S/C22H24NO5P/c1-27-29(25,26)28-16-8-2-3-13-22(24)23-17-20-11-5-4-9-18(20)14-15-19-10-6-7-12-21(19)23/h4-7,9-12H,2-3,8,13,16-17H2,1H3,(H,25,26). The third kappa shape index (κ3) is 5.79. The second-order valence-electron chi connectivity index (χ2n) is 6.70. The Bertz CT molecular complexity index is 978. The third-order valence-corrected chi connectivity index (χ3v) is 5.66. The fraction of sp³-hybridized carbons (Fsp3) is 0.318. The zero-order chi connectivity index (χ0) is 20.7. The van der Waals surface area contributed by atoms with Gasteiger partial charge in [0.2, 0.25) is 5.91 Å². The normalized spacial score (nSPS) is 14.5. The van der Waals surface area contributed by atoms with Crippen LogP contribution in [0.25, 0.3) is 0 Å². The van der Waals surface area contributed by atoms with Crippen LogP contribution in [-0.4, -0.2) is 24.5 Å². The Balaban J connectivity index is 1.64. The molecule has 152 valence electrons. The number of nitrogens with zero attached hydrogens (tertiary/aromatic N) is 1. The lowest BCUT2D eigenvalue weighted by Crippen LogP contribution is -2.31. The number of phosphoric ester groups is 1. The smallest absolute Gasteiger partial charge is 0.307 e. The molecule has 0 fully saturated rings. The summed E-state index contributed by atoms with van der Waals surface area (Å²) in [7, 11) is -2.80. The van der Waals surface area contributed by atoms with Gasteiger partial charge in [-0.2, -0.15) is 0 Å². The van der Waals surface area contributed by atoms with Crippen LogP contribution in [0.4, 0.5) is 5.69 Å². The maximum Gasteiger partial charge on any atom is 0.471 e. The number of hydrogen-bond donors (Lipinski definition) is 1. The summed E-state index contributed by atoms with van der Waals surface area (Å²) in [5.41, 5.74) is 3.62. The summed E-state index contributed by atoms with van der Waals surface area (Å²) in [6, 6.07) is 15.6. The van der Waals surface area contributed by atoms with Crippen molar-refractivity contribution >= 4 is 19.4 Å². The van der Waals surface area contributed by atoms with E-state index in [9.17, 15) is 14.3 Å². The first kappa shape index (κ1) is 21.3. The molecule has 2 aromatic rings. The van der Waals surface area contributed by atoms with Gasteiger partial charge in [-0.15, -0.1) is 0 Å². The minimum atomic E-state index is -3.93. The van der Waals surface area contributed by atoms with Crippen molar-refractivity contribution in [2.24, 2.45) is 0 Å². The molecule has 1 unspecified atom stereocenters. The van der Waals surface area contributed by atoms with Crippen molar-refractivity contribution in [3.8, 4) is 11.8 Å². The Kier molecular flexibility index (Phi) is 7.24. The minimum Gasteiger partial charge on any atom is -0.307 e. The quantitative estimate of drug-likeness (QED) is 0.398. The van der Waals surface area contributed by atoms with Crippen molar-refractivity contribution in [2.75, 3.05) is 18.6 Å². The topological polar surface area (TPSA) is 76.1 Å². The maximum absolute atomic E-state index is 13.0. The summed E-state index contributed by atoms with van der Waals surface area (Å²) in [6.45, 7) is 0.594. The van der Waals surface area contributed by atoms with Gasteiger partial charge < -0.3 is 9.79 Å². The molecule has 0 aromatic heterocycles. The monoisotopic (exact) mass is 413 g/mol. The molecule has 1 aliphatic heterocycles. The van der Waals surface area contributed by atoms with Gasteiger partial charge in [0.25, 0.3) is 0 Å². The predicted octanol–water partition coefficient (Wildman–Crippen LogP) is 4.26. The summed E-state index contributed by atoms with van der Waals surface area (Å²) < 4.78 is 20.4. The second kappa shape index (κ2) is 9.87. The molecule has 7 heteroatoms. The number of amides is 1. The van der Waals surface area contributed by atoms with E-state index in [1.807, 2.05) is 48.5 Å². The molecular formula is C22H24NO5P. The van der Waals surface area contributed by atoms with E-state index in [1.165, 1.54) is 0 Å². The van der Waals surface area contributed by atoms with E-state index in [2.05, 4.69) is 16.4 Å². The average molecular weight is 413 g/mol. The van der Waals surface area contributed by atoms with Crippen LogP contribution in [0.15, 0.2) is 48.5 Å². The van der Waals surface area contributed by atoms with Crippen molar-refractivity contribution in [2.45, 2.75) is 32.2 Å². The molecule has 0 bridgehead atoms. The minimum absolute atomic E-state index is 0.0293. The van der Waals surface area contributed by atoms with Gasteiger partial charge in [-0.05, 0) is 36.6 Å². The van der Waals surface area contributed by atoms with Crippen LogP contribution in [-0.2, 0) is 25.0 Å². The number of carbonyl (C=O) groups excluding carboxylic acids is 1. The molecule has 2 aromatic carbocycles. The number of unbranched alkanes of at least 4 members (excludes halogenated alkanes) is 2. The molecule has 3 rings (SSSR count). The molecule has 0 spiro atoms. The van der Waals surface area contributed by atoms with Gasteiger partial charge in [-0.3, -0.25) is 13.8 Å². The number of benzene rings is 2. The van der Waals surface area contributed by atoms with Crippen molar-refractivity contribution < 1.29 is 23.3 Å². The fourth-order valence-electron chi connectivity index (χ4n) is 3.13. The molecule has 1 atom stereocenters. The Morgan fingerprint density at radius 2 is 1.76 bits per heavy atom. The Morgan fingerprint density at radius 3 is 2.55 bits per heavy atom. The van der Waals surface area contributed by atoms with Crippen LogP contribution in [0, 0.1) is 11.8 Å². The number of anilines is 1. The lowest BCUT2D eigenvalue weighted by molar-refractivity contribution is -0.118. The molecule has 1 N–H and O–H groups in total. The van der Waals surface area contributed by atoms with Crippen LogP contribution in [0.3, 0.4) is 0 Å². The van der Waals surface area contributed by atoms with Gasteiger partial charge in [0.05, 0.1) is 18.8 Å². The number of hydrogen-bond acceptors (Lipinski definition) is 4. The number of para-hydroxylation sites is 1. The number of fused-ring (bicyclic) bond motifs is 2. The lowest BCUT2D eigenvalue weighted by atomic mass is 10.0. The lowest BCUT2D eigenvalue weighted by Gasteiger charge is -2.26. The Morgan fingerprint density at radius 1 is 1.07 bits per heavy atom. The molecular weight excluding hydrogens is 389 g/mol. The van der Waals surface area contributed by atoms with E-state index in [1.54, 1.807) is 4.90 Å². The van der Waals surface area contributed by atoms with Gasteiger partial charge in [0.1, 0.15) is 0 Å². The highest BCUT2D eigenvalue weighted by Crippen LogP contribution is 2.41. The molecule has 0 radical (unpaired) electrons. The molecule has 0 saturated carbocycles. The number of carbonyl (C=O) groups is 1. The summed E-state index contributed by atoms with van der Waals surface area (Å²) >= 11 is 0. The van der Waals surface area contributed by atoms with Crippen molar-refractivity contribution in [3.63, 3.8) is 0 Å². The Labute approximate surface area is 171 Å². The van der Waals surface area contributed by atoms with E-state index in [0.29, 0.717) is 32.2 Å². The summed E-state index contributed by atoms with van der Waals surface area (Å²) in [4.78, 5) is 24.0. The van der Waals surface area contributed by atoms with Gasteiger partial charge in [-0.25, -0.2) is 4.57 Å². The van der Waals surface area contributed by atoms with Gasteiger partial charge >= 0.3 is 7.82 Å². The highest BCUT2D eigenvalue weighted by atomic mass is 31.2. The largest absolute Gasteiger partial charge is 0.471 e. The highest BCUT2D eigenvalue weighted by molar-refractivity contribution is 7.47. The first-order valence-electron chi connectivity index (χ1n) is 9.52. The first-order valence-corrected chi connectivity index (χ1v) is 11.0. The van der Waals surface area contributed by atoms with Gasteiger partial charge in [0, 0.05) is 24.7 Å². The summed E-state index contributed by atoms with van der Waals surface area (Å²) in [5, 5.41) is 0. The zero-order valence-electron chi connectivity index (χ0n) is 16.3. The fourth-order valence-corrected chi connectivity index (χ4v) is 3.60.